The number of hydrogen-bond donors (Lipinski definition) is 1. The summed E-state index contributed by atoms with van der Waals surface area (Å²) in [5.74, 6) is 0.0457. The van der Waals surface area contributed by atoms with Crippen LogP contribution in [0.2, 0.25) is 0 Å². The van der Waals surface area contributed by atoms with Gasteiger partial charge in [-0.2, -0.15) is 0 Å². The quantitative estimate of drug-likeness (QED) is 0.860. The number of imidazole rings is 1. The average molecular weight is 232 g/mol. The largest absolute Gasteiger partial charge is 0.326 e. The molecule has 17 heavy (non-hydrogen) atoms. The SMILES string of the molecule is CC(C)(C)C(=O)Cn1c(=O)[nH]c2ccccc21. The van der Waals surface area contributed by atoms with E-state index in [1.165, 1.54) is 4.57 Å². The summed E-state index contributed by atoms with van der Waals surface area (Å²) in [5, 5.41) is 0. The number of fused-ring (bicyclic) bond motifs is 1. The zero-order chi connectivity index (χ0) is 12.6. The maximum Gasteiger partial charge on any atom is 0.326 e. The van der Waals surface area contributed by atoms with E-state index < -0.39 is 5.41 Å². The van der Waals surface area contributed by atoms with E-state index in [4.69, 9.17) is 0 Å². The van der Waals surface area contributed by atoms with Gasteiger partial charge in [0.05, 0.1) is 17.6 Å². The summed E-state index contributed by atoms with van der Waals surface area (Å²) < 4.78 is 1.49. The molecule has 0 bridgehead atoms. The third-order valence-electron chi connectivity index (χ3n) is 2.82. The molecule has 0 spiro atoms. The molecule has 0 saturated carbocycles. The number of hydrogen-bond acceptors (Lipinski definition) is 2. The topological polar surface area (TPSA) is 54.9 Å². The van der Waals surface area contributed by atoms with Crippen LogP contribution in [0.4, 0.5) is 0 Å². The fourth-order valence-electron chi connectivity index (χ4n) is 1.64. The Morgan fingerprint density at radius 1 is 1.29 bits per heavy atom. The number of aromatic nitrogens is 2. The second kappa shape index (κ2) is 3.87. The zero-order valence-corrected chi connectivity index (χ0v) is 10.3. The van der Waals surface area contributed by atoms with Crippen molar-refractivity contribution in [3.63, 3.8) is 0 Å². The predicted octanol–water partition coefficient (Wildman–Crippen LogP) is 1.94. The molecule has 2 aromatic rings. The summed E-state index contributed by atoms with van der Waals surface area (Å²) in [6.07, 6.45) is 0. The molecule has 0 aliphatic rings. The maximum atomic E-state index is 12.0. The van der Waals surface area contributed by atoms with Gasteiger partial charge in [0.25, 0.3) is 0 Å². The Bertz CT molecular complexity index is 614. The van der Waals surface area contributed by atoms with Crippen molar-refractivity contribution < 1.29 is 4.79 Å². The predicted molar refractivity (Wildman–Crippen MR) is 67.0 cm³/mol. The molecule has 1 heterocycles. The average Bonchev–Trinajstić information content (AvgIpc) is 2.54. The van der Waals surface area contributed by atoms with Gasteiger partial charge in [-0.05, 0) is 12.1 Å². The second-order valence-electron chi connectivity index (χ2n) is 5.21. The van der Waals surface area contributed by atoms with E-state index in [1.807, 2.05) is 45.0 Å². The molecule has 90 valence electrons. The highest BCUT2D eigenvalue weighted by molar-refractivity contribution is 5.85. The number of H-pyrrole nitrogens is 1. The smallest absolute Gasteiger partial charge is 0.306 e. The molecule has 4 heteroatoms. The Balaban J connectivity index is 2.46. The van der Waals surface area contributed by atoms with Gasteiger partial charge in [-0.3, -0.25) is 9.36 Å². The van der Waals surface area contributed by atoms with E-state index in [9.17, 15) is 9.59 Å². The Kier molecular flexibility index (Phi) is 2.65. The summed E-state index contributed by atoms with van der Waals surface area (Å²) in [6, 6.07) is 7.37. The van der Waals surface area contributed by atoms with Crippen molar-refractivity contribution in [3.8, 4) is 0 Å². The van der Waals surface area contributed by atoms with Gasteiger partial charge < -0.3 is 4.98 Å². The normalized spacial score (nSPS) is 11.9. The lowest BCUT2D eigenvalue weighted by Gasteiger charge is -2.16. The van der Waals surface area contributed by atoms with Gasteiger partial charge in [0.15, 0.2) is 5.78 Å². The van der Waals surface area contributed by atoms with E-state index in [1.54, 1.807) is 0 Å². The van der Waals surface area contributed by atoms with Gasteiger partial charge in [0.1, 0.15) is 0 Å². The number of benzene rings is 1. The molecule has 1 aromatic heterocycles. The first-order chi connectivity index (χ1) is 7.89. The van der Waals surface area contributed by atoms with Crippen molar-refractivity contribution in [1.29, 1.82) is 0 Å². The summed E-state index contributed by atoms with van der Waals surface area (Å²) in [4.78, 5) is 26.4. The molecule has 0 saturated heterocycles. The standard InChI is InChI=1S/C13H16N2O2/c1-13(2,3)11(16)8-15-10-7-5-4-6-9(10)14-12(15)17/h4-7H,8H2,1-3H3,(H,14,17). The van der Waals surface area contributed by atoms with Crippen LogP contribution < -0.4 is 5.69 Å². The molecule has 1 N–H and O–H groups in total. The summed E-state index contributed by atoms with van der Waals surface area (Å²) in [7, 11) is 0. The van der Waals surface area contributed by atoms with Crippen LogP contribution in [-0.4, -0.2) is 15.3 Å². The number of aromatic amines is 1. The lowest BCUT2D eigenvalue weighted by atomic mass is 9.91. The molecular formula is C13H16N2O2. The molecule has 4 nitrogen and oxygen atoms in total. The number of nitrogens with one attached hydrogen (secondary N) is 1. The molecule has 0 atom stereocenters. The van der Waals surface area contributed by atoms with Crippen LogP contribution in [0.5, 0.6) is 0 Å². The molecule has 0 aliphatic heterocycles. The van der Waals surface area contributed by atoms with Crippen molar-refractivity contribution in [2.45, 2.75) is 27.3 Å². The summed E-state index contributed by atoms with van der Waals surface area (Å²) in [5.41, 5.74) is 0.871. The second-order valence-corrected chi connectivity index (χ2v) is 5.21. The van der Waals surface area contributed by atoms with Crippen LogP contribution in [0.25, 0.3) is 11.0 Å². The lowest BCUT2D eigenvalue weighted by molar-refractivity contribution is -0.126. The highest BCUT2D eigenvalue weighted by atomic mass is 16.2. The molecule has 0 aliphatic carbocycles. The molecule has 0 fully saturated rings. The van der Waals surface area contributed by atoms with E-state index in [2.05, 4.69) is 4.98 Å². The van der Waals surface area contributed by atoms with Crippen LogP contribution in [-0.2, 0) is 11.3 Å². The minimum absolute atomic E-state index is 0.0457. The van der Waals surface area contributed by atoms with Crippen molar-refractivity contribution in [3.05, 3.63) is 34.7 Å². The number of carbonyl (C=O) groups excluding carboxylic acids is 1. The first-order valence-corrected chi connectivity index (χ1v) is 5.60. The third-order valence-corrected chi connectivity index (χ3v) is 2.82. The number of Topliss-reactive ketones (excluding diaryl/α,β-unsaturated/α-hetero) is 1. The number of nitrogens with zero attached hydrogens (tertiary/aromatic N) is 1. The number of carbonyl (C=O) groups is 1. The van der Waals surface area contributed by atoms with Crippen molar-refractivity contribution >= 4 is 16.8 Å². The third kappa shape index (κ3) is 2.16. The first kappa shape index (κ1) is 11.6. The van der Waals surface area contributed by atoms with E-state index in [0.29, 0.717) is 0 Å². The molecule has 0 amide bonds. The molecular weight excluding hydrogens is 216 g/mol. The fourth-order valence-corrected chi connectivity index (χ4v) is 1.64. The molecule has 0 unspecified atom stereocenters. The van der Waals surface area contributed by atoms with Crippen molar-refractivity contribution in [1.82, 2.24) is 9.55 Å². The maximum absolute atomic E-state index is 12.0. The van der Waals surface area contributed by atoms with E-state index >= 15 is 0 Å². The minimum Gasteiger partial charge on any atom is -0.306 e. The van der Waals surface area contributed by atoms with Gasteiger partial charge in [-0.1, -0.05) is 32.9 Å². The number of rotatable bonds is 2. The van der Waals surface area contributed by atoms with Gasteiger partial charge in [-0.15, -0.1) is 0 Å². The highest BCUT2D eigenvalue weighted by Crippen LogP contribution is 2.17. The van der Waals surface area contributed by atoms with Crippen LogP contribution >= 0.6 is 0 Å². The molecule has 1 aromatic carbocycles. The van der Waals surface area contributed by atoms with Crippen molar-refractivity contribution in [2.75, 3.05) is 0 Å². The van der Waals surface area contributed by atoms with Gasteiger partial charge in [0, 0.05) is 5.41 Å². The number of ketones is 1. The Labute approximate surface area is 99.3 Å². The first-order valence-electron chi connectivity index (χ1n) is 5.60. The van der Waals surface area contributed by atoms with Gasteiger partial charge in [0.2, 0.25) is 0 Å². The van der Waals surface area contributed by atoms with Crippen LogP contribution in [0.3, 0.4) is 0 Å². The van der Waals surface area contributed by atoms with Gasteiger partial charge >= 0.3 is 5.69 Å². The van der Waals surface area contributed by atoms with Crippen LogP contribution in [0.15, 0.2) is 29.1 Å². The fraction of sp³-hybridized carbons (Fsp3) is 0.385. The van der Waals surface area contributed by atoms with Crippen LogP contribution in [0.1, 0.15) is 20.8 Å². The summed E-state index contributed by atoms with van der Waals surface area (Å²) in [6.45, 7) is 5.69. The monoisotopic (exact) mass is 232 g/mol. The van der Waals surface area contributed by atoms with Crippen LogP contribution in [0, 0.1) is 5.41 Å². The van der Waals surface area contributed by atoms with Crippen molar-refractivity contribution in [2.24, 2.45) is 5.41 Å². The molecule has 2 rings (SSSR count). The Morgan fingerprint density at radius 2 is 1.94 bits per heavy atom. The van der Waals surface area contributed by atoms with E-state index in [-0.39, 0.29) is 18.0 Å². The summed E-state index contributed by atoms with van der Waals surface area (Å²) >= 11 is 0. The minimum atomic E-state index is -0.433. The highest BCUT2D eigenvalue weighted by Gasteiger charge is 2.22. The van der Waals surface area contributed by atoms with Gasteiger partial charge in [-0.25, -0.2) is 4.79 Å². The van der Waals surface area contributed by atoms with E-state index in [0.717, 1.165) is 11.0 Å². The zero-order valence-electron chi connectivity index (χ0n) is 10.3. The number of para-hydroxylation sites is 2. The molecule has 0 radical (unpaired) electrons. The Hall–Kier alpha value is -1.84. The Morgan fingerprint density at radius 3 is 2.59 bits per heavy atom. The lowest BCUT2D eigenvalue weighted by Crippen LogP contribution is -2.29.